The third-order valence-electron chi connectivity index (χ3n) is 2.52. The van der Waals surface area contributed by atoms with Gasteiger partial charge in [-0.15, -0.1) is 0 Å². The first-order valence-corrected chi connectivity index (χ1v) is 6.26. The number of aryl methyl sites for hydroxylation is 1. The van der Waals surface area contributed by atoms with E-state index in [1.165, 1.54) is 6.07 Å². The van der Waals surface area contributed by atoms with Gasteiger partial charge in [-0.1, -0.05) is 22.0 Å². The number of nitrogens with one attached hydrogen (secondary N) is 2. The molecule has 19 heavy (non-hydrogen) atoms. The van der Waals surface area contributed by atoms with Gasteiger partial charge in [-0.05, 0) is 24.6 Å². The molecule has 0 saturated heterocycles. The van der Waals surface area contributed by atoms with E-state index in [1.54, 1.807) is 12.1 Å². The Morgan fingerprint density at radius 3 is 2.68 bits per heavy atom. The Bertz CT molecular complexity index is 695. The average molecular weight is 323 g/mol. The Morgan fingerprint density at radius 1 is 1.32 bits per heavy atom. The zero-order valence-corrected chi connectivity index (χ0v) is 11.6. The number of amides is 1. The fourth-order valence-electron chi connectivity index (χ4n) is 1.53. The van der Waals surface area contributed by atoms with E-state index in [2.05, 4.69) is 26.2 Å². The number of rotatable bonds is 2. The molecule has 0 spiro atoms. The molecule has 6 heteroatoms. The lowest BCUT2D eigenvalue weighted by molar-refractivity contribution is 0.102. The van der Waals surface area contributed by atoms with Gasteiger partial charge in [0.05, 0.1) is 5.56 Å². The SMILES string of the molecule is Cc1ccc(NC(=O)c2cc(O)[nH]c(=O)c2)cc1Br. The minimum absolute atomic E-state index is 0.0953. The van der Waals surface area contributed by atoms with Crippen LogP contribution in [0.15, 0.2) is 39.6 Å². The number of halogens is 1. The zero-order valence-electron chi connectivity index (χ0n) is 10.0. The van der Waals surface area contributed by atoms with Crippen LogP contribution in [0.5, 0.6) is 5.88 Å². The molecule has 98 valence electrons. The van der Waals surface area contributed by atoms with Crippen molar-refractivity contribution < 1.29 is 9.90 Å². The number of hydrogen-bond donors (Lipinski definition) is 3. The van der Waals surface area contributed by atoms with Gasteiger partial charge in [0.1, 0.15) is 0 Å². The summed E-state index contributed by atoms with van der Waals surface area (Å²) < 4.78 is 0.874. The molecule has 1 heterocycles. The normalized spacial score (nSPS) is 10.2. The van der Waals surface area contributed by atoms with Crippen molar-refractivity contribution >= 4 is 27.5 Å². The highest BCUT2D eigenvalue weighted by Gasteiger charge is 2.09. The van der Waals surface area contributed by atoms with Gasteiger partial charge in [-0.3, -0.25) is 14.6 Å². The second-order valence-corrected chi connectivity index (χ2v) is 4.89. The summed E-state index contributed by atoms with van der Waals surface area (Å²) in [6, 6.07) is 7.69. The predicted octanol–water partition coefficient (Wildman–Crippen LogP) is 2.40. The van der Waals surface area contributed by atoms with Crippen molar-refractivity contribution in [1.29, 1.82) is 0 Å². The molecular weight excluding hydrogens is 312 g/mol. The second-order valence-electron chi connectivity index (χ2n) is 4.04. The summed E-state index contributed by atoms with van der Waals surface area (Å²) in [4.78, 5) is 25.2. The Morgan fingerprint density at radius 2 is 2.05 bits per heavy atom. The van der Waals surface area contributed by atoms with Crippen LogP contribution in [0.3, 0.4) is 0 Å². The molecule has 2 rings (SSSR count). The maximum Gasteiger partial charge on any atom is 0.256 e. The molecule has 5 nitrogen and oxygen atoms in total. The minimum atomic E-state index is -0.532. The minimum Gasteiger partial charge on any atom is -0.494 e. The number of aromatic amines is 1. The second kappa shape index (κ2) is 5.27. The van der Waals surface area contributed by atoms with Gasteiger partial charge in [-0.25, -0.2) is 0 Å². The van der Waals surface area contributed by atoms with Crippen molar-refractivity contribution in [3.05, 3.63) is 56.3 Å². The molecule has 1 aromatic heterocycles. The van der Waals surface area contributed by atoms with Crippen LogP contribution in [0.2, 0.25) is 0 Å². The van der Waals surface area contributed by atoms with Gasteiger partial charge in [0.15, 0.2) is 5.88 Å². The number of anilines is 1. The van der Waals surface area contributed by atoms with E-state index in [0.29, 0.717) is 5.69 Å². The molecule has 0 saturated carbocycles. The number of aromatic nitrogens is 1. The summed E-state index contributed by atoms with van der Waals surface area (Å²) in [7, 11) is 0. The quantitative estimate of drug-likeness (QED) is 0.794. The third kappa shape index (κ3) is 3.23. The van der Waals surface area contributed by atoms with Crippen LogP contribution in [0.25, 0.3) is 0 Å². The molecule has 0 unspecified atom stereocenters. The van der Waals surface area contributed by atoms with Crippen molar-refractivity contribution in [2.45, 2.75) is 6.92 Å². The fraction of sp³-hybridized carbons (Fsp3) is 0.0769. The Hall–Kier alpha value is -2.08. The van der Waals surface area contributed by atoms with E-state index in [0.717, 1.165) is 16.1 Å². The van der Waals surface area contributed by atoms with Gasteiger partial charge in [0, 0.05) is 22.3 Å². The van der Waals surface area contributed by atoms with Crippen LogP contribution in [0.1, 0.15) is 15.9 Å². The highest BCUT2D eigenvalue weighted by atomic mass is 79.9. The van der Waals surface area contributed by atoms with Crippen molar-refractivity contribution in [3.8, 4) is 5.88 Å². The number of hydrogen-bond acceptors (Lipinski definition) is 3. The number of pyridine rings is 1. The fourth-order valence-corrected chi connectivity index (χ4v) is 1.91. The molecule has 3 N–H and O–H groups in total. The number of aromatic hydroxyl groups is 1. The van der Waals surface area contributed by atoms with Crippen LogP contribution >= 0.6 is 15.9 Å². The molecule has 0 aliphatic heterocycles. The maximum absolute atomic E-state index is 11.9. The average Bonchev–Trinajstić information content (AvgIpc) is 2.32. The van der Waals surface area contributed by atoms with Gasteiger partial charge < -0.3 is 10.4 Å². The van der Waals surface area contributed by atoms with Crippen molar-refractivity contribution in [1.82, 2.24) is 4.98 Å². The van der Waals surface area contributed by atoms with E-state index >= 15 is 0 Å². The standard InChI is InChI=1S/C13H11BrN2O3/c1-7-2-3-9(6-10(7)14)15-13(19)8-4-11(17)16-12(18)5-8/h2-6H,1H3,(H,15,19)(H2,16,17,18). The van der Waals surface area contributed by atoms with Crippen molar-refractivity contribution in [2.24, 2.45) is 0 Å². The molecular formula is C13H11BrN2O3. The van der Waals surface area contributed by atoms with Crippen LogP contribution in [0, 0.1) is 6.92 Å². The van der Waals surface area contributed by atoms with Crippen LogP contribution < -0.4 is 10.9 Å². The zero-order chi connectivity index (χ0) is 14.0. The van der Waals surface area contributed by atoms with Crippen molar-refractivity contribution in [2.75, 3.05) is 5.32 Å². The molecule has 1 aromatic carbocycles. The number of benzene rings is 1. The molecule has 1 amide bonds. The molecule has 2 aromatic rings. The van der Waals surface area contributed by atoms with Gasteiger partial charge >= 0.3 is 0 Å². The number of H-pyrrole nitrogens is 1. The van der Waals surface area contributed by atoms with Crippen LogP contribution in [-0.2, 0) is 0 Å². The van der Waals surface area contributed by atoms with E-state index in [9.17, 15) is 14.7 Å². The first kappa shape index (κ1) is 13.4. The molecule has 0 atom stereocenters. The van der Waals surface area contributed by atoms with Crippen LogP contribution in [0.4, 0.5) is 5.69 Å². The first-order valence-electron chi connectivity index (χ1n) is 5.46. The topological polar surface area (TPSA) is 82.2 Å². The lowest BCUT2D eigenvalue weighted by atomic mass is 10.2. The summed E-state index contributed by atoms with van der Waals surface area (Å²) in [5.74, 6) is -0.806. The van der Waals surface area contributed by atoms with Crippen molar-refractivity contribution in [3.63, 3.8) is 0 Å². The summed E-state index contributed by atoms with van der Waals surface area (Å²) in [5, 5.41) is 11.9. The molecule has 0 radical (unpaired) electrons. The Kier molecular flexibility index (Phi) is 3.71. The Balaban J connectivity index is 2.25. The molecule has 0 aliphatic carbocycles. The molecule has 0 bridgehead atoms. The number of carbonyl (C=O) groups excluding carboxylic acids is 1. The molecule has 0 fully saturated rings. The summed E-state index contributed by atoms with van der Waals surface area (Å²) >= 11 is 3.37. The first-order chi connectivity index (χ1) is 8.95. The Labute approximate surface area is 117 Å². The monoisotopic (exact) mass is 322 g/mol. The predicted molar refractivity (Wildman–Crippen MR) is 75.6 cm³/mol. The lowest BCUT2D eigenvalue weighted by Crippen LogP contribution is -2.15. The van der Waals surface area contributed by atoms with Crippen LogP contribution in [-0.4, -0.2) is 16.0 Å². The van der Waals surface area contributed by atoms with E-state index < -0.39 is 11.5 Å². The smallest absolute Gasteiger partial charge is 0.256 e. The third-order valence-corrected chi connectivity index (χ3v) is 3.38. The summed E-state index contributed by atoms with van der Waals surface area (Å²) in [6.07, 6.45) is 0. The van der Waals surface area contributed by atoms with Gasteiger partial charge in [0.2, 0.25) is 0 Å². The van der Waals surface area contributed by atoms with Gasteiger partial charge in [-0.2, -0.15) is 0 Å². The van der Waals surface area contributed by atoms with E-state index in [1.807, 2.05) is 13.0 Å². The van der Waals surface area contributed by atoms with Gasteiger partial charge in [0.25, 0.3) is 11.5 Å². The highest BCUT2D eigenvalue weighted by molar-refractivity contribution is 9.10. The van der Waals surface area contributed by atoms with E-state index in [4.69, 9.17) is 0 Å². The number of carbonyl (C=O) groups is 1. The molecule has 0 aliphatic rings. The lowest BCUT2D eigenvalue weighted by Gasteiger charge is -2.07. The largest absolute Gasteiger partial charge is 0.494 e. The highest BCUT2D eigenvalue weighted by Crippen LogP contribution is 2.21. The van der Waals surface area contributed by atoms with E-state index in [-0.39, 0.29) is 11.4 Å². The summed E-state index contributed by atoms with van der Waals surface area (Å²) in [5.41, 5.74) is 1.21. The summed E-state index contributed by atoms with van der Waals surface area (Å²) in [6.45, 7) is 1.93. The maximum atomic E-state index is 11.9.